The van der Waals surface area contributed by atoms with Crippen LogP contribution in [0.3, 0.4) is 0 Å². The van der Waals surface area contributed by atoms with Gasteiger partial charge in [0, 0.05) is 56.9 Å². The number of carbonyl (C=O) groups excluding carboxylic acids is 1. The Bertz CT molecular complexity index is 1300. The van der Waals surface area contributed by atoms with Crippen molar-refractivity contribution in [3.8, 4) is 0 Å². The molecule has 1 aliphatic carbocycles. The standard InChI is InChI=1S/C28H33F2N5O4/c1-4-33-9-11-34(12-10-33)19-5-6-22(21(31)14-19)32-25-13-18-7-8-35(16-24(18)39-25)28(38-3)15-23(37-2)26(29)20(17-36)27(28)30/h5-8,13-14,16-17,25,32H,4,9-12,15,31H2,1-3H3. The second kappa shape index (κ2) is 10.7. The van der Waals surface area contributed by atoms with Crippen molar-refractivity contribution in [3.63, 3.8) is 0 Å². The molecule has 39 heavy (non-hydrogen) atoms. The number of fused-ring (bicyclic) bond motifs is 1. The first-order valence-corrected chi connectivity index (χ1v) is 12.9. The molecule has 0 bridgehead atoms. The van der Waals surface area contributed by atoms with Crippen molar-refractivity contribution in [2.24, 2.45) is 0 Å². The summed E-state index contributed by atoms with van der Waals surface area (Å²) in [6, 6.07) is 5.94. The molecule has 0 saturated carbocycles. The first kappa shape index (κ1) is 26.8. The lowest BCUT2D eigenvalue weighted by molar-refractivity contribution is -0.108. The van der Waals surface area contributed by atoms with Crippen molar-refractivity contribution in [2.45, 2.75) is 25.3 Å². The van der Waals surface area contributed by atoms with Gasteiger partial charge in [-0.1, -0.05) is 6.92 Å². The van der Waals surface area contributed by atoms with Crippen LogP contribution in [-0.2, 0) is 19.0 Å². The maximum Gasteiger partial charge on any atom is 0.205 e. The second-order valence-electron chi connectivity index (χ2n) is 9.67. The van der Waals surface area contributed by atoms with Crippen LogP contribution in [-0.4, -0.2) is 75.0 Å². The second-order valence-corrected chi connectivity index (χ2v) is 9.67. The zero-order valence-electron chi connectivity index (χ0n) is 22.2. The normalized spacial score (nSPS) is 25.3. The predicted octanol–water partition coefficient (Wildman–Crippen LogP) is 3.77. The van der Waals surface area contributed by atoms with E-state index in [1.54, 1.807) is 18.5 Å². The average Bonchev–Trinajstić information content (AvgIpc) is 3.36. The number of nitrogens with two attached hydrogens (primary N) is 1. The van der Waals surface area contributed by atoms with Crippen LogP contribution in [0.25, 0.3) is 0 Å². The van der Waals surface area contributed by atoms with Gasteiger partial charge in [0.05, 0.1) is 30.5 Å². The van der Waals surface area contributed by atoms with Crippen molar-refractivity contribution >= 4 is 23.3 Å². The number of ether oxygens (including phenoxy) is 3. The van der Waals surface area contributed by atoms with Crippen molar-refractivity contribution in [1.82, 2.24) is 9.80 Å². The predicted molar refractivity (Wildman–Crippen MR) is 145 cm³/mol. The molecule has 2 atom stereocenters. The summed E-state index contributed by atoms with van der Waals surface area (Å²) in [5, 5.41) is 3.30. The average molecular weight is 542 g/mol. The molecule has 1 aromatic carbocycles. The van der Waals surface area contributed by atoms with Crippen LogP contribution >= 0.6 is 0 Å². The quantitative estimate of drug-likeness (QED) is 0.377. The minimum absolute atomic E-state index is 0.121. The summed E-state index contributed by atoms with van der Waals surface area (Å²) >= 11 is 0. The summed E-state index contributed by atoms with van der Waals surface area (Å²) in [4.78, 5) is 17.7. The lowest BCUT2D eigenvalue weighted by Crippen LogP contribution is -2.49. The number of nitrogen functional groups attached to an aromatic ring is 1. The number of hydrogen-bond donors (Lipinski definition) is 2. The molecule has 0 spiro atoms. The van der Waals surface area contributed by atoms with Crippen molar-refractivity contribution < 1.29 is 27.8 Å². The van der Waals surface area contributed by atoms with E-state index in [1.807, 2.05) is 24.3 Å². The molecule has 0 aromatic heterocycles. The van der Waals surface area contributed by atoms with Gasteiger partial charge in [0.15, 0.2) is 24.2 Å². The van der Waals surface area contributed by atoms with Crippen molar-refractivity contribution in [2.75, 3.05) is 62.9 Å². The van der Waals surface area contributed by atoms with Crippen LogP contribution in [0.5, 0.6) is 0 Å². The highest BCUT2D eigenvalue weighted by molar-refractivity contribution is 5.81. The van der Waals surface area contributed by atoms with Crippen LogP contribution in [0.1, 0.15) is 13.3 Å². The summed E-state index contributed by atoms with van der Waals surface area (Å²) in [5.74, 6) is -1.83. The number of carbonyl (C=O) groups is 1. The smallest absolute Gasteiger partial charge is 0.205 e. The minimum atomic E-state index is -1.82. The molecule has 0 radical (unpaired) electrons. The Hall–Kier alpha value is -3.83. The van der Waals surface area contributed by atoms with E-state index in [-0.39, 0.29) is 18.5 Å². The van der Waals surface area contributed by atoms with Gasteiger partial charge >= 0.3 is 0 Å². The van der Waals surface area contributed by atoms with E-state index in [0.717, 1.165) is 49.7 Å². The summed E-state index contributed by atoms with van der Waals surface area (Å²) in [6.45, 7) is 7.19. The van der Waals surface area contributed by atoms with E-state index in [2.05, 4.69) is 22.0 Å². The zero-order valence-corrected chi connectivity index (χ0v) is 22.2. The monoisotopic (exact) mass is 541 g/mol. The largest absolute Gasteiger partial charge is 0.498 e. The molecule has 3 N–H and O–H groups in total. The molecule has 208 valence electrons. The number of rotatable bonds is 8. The van der Waals surface area contributed by atoms with Crippen LogP contribution in [0.2, 0.25) is 0 Å². The Labute approximate surface area is 226 Å². The molecule has 3 heterocycles. The number of benzene rings is 1. The Balaban J connectivity index is 1.31. The highest BCUT2D eigenvalue weighted by atomic mass is 19.1. The molecule has 1 saturated heterocycles. The summed E-state index contributed by atoms with van der Waals surface area (Å²) in [5.41, 5.74) is 7.00. The third-order valence-corrected chi connectivity index (χ3v) is 7.64. The van der Waals surface area contributed by atoms with E-state index < -0.39 is 29.2 Å². The van der Waals surface area contributed by atoms with Crippen molar-refractivity contribution in [3.05, 3.63) is 77.1 Å². The summed E-state index contributed by atoms with van der Waals surface area (Å²) in [7, 11) is 2.54. The Morgan fingerprint density at radius 2 is 2.00 bits per heavy atom. The fourth-order valence-electron chi connectivity index (χ4n) is 5.27. The van der Waals surface area contributed by atoms with Gasteiger partial charge in [-0.3, -0.25) is 4.79 Å². The number of nitrogens with one attached hydrogen (secondary N) is 1. The third-order valence-electron chi connectivity index (χ3n) is 7.64. The maximum absolute atomic E-state index is 15.5. The fourth-order valence-corrected chi connectivity index (χ4v) is 5.27. The molecule has 4 aliphatic rings. The lowest BCUT2D eigenvalue weighted by atomic mass is 9.93. The van der Waals surface area contributed by atoms with Crippen molar-refractivity contribution in [1.29, 1.82) is 0 Å². The number of methoxy groups -OCH3 is 2. The number of nitrogens with zero attached hydrogens (tertiary/aromatic N) is 3. The van der Waals surface area contributed by atoms with Gasteiger partial charge in [0.25, 0.3) is 0 Å². The molecule has 11 heteroatoms. The minimum Gasteiger partial charge on any atom is -0.498 e. The van der Waals surface area contributed by atoms with Gasteiger partial charge in [-0.25, -0.2) is 8.78 Å². The number of piperazine rings is 1. The molecular formula is C28H33F2N5O4. The van der Waals surface area contributed by atoms with Gasteiger partial charge in [-0.15, -0.1) is 0 Å². The maximum atomic E-state index is 15.5. The third kappa shape index (κ3) is 4.76. The Kier molecular flexibility index (Phi) is 7.37. The fraction of sp³-hybridized carbons (Fsp3) is 0.393. The topological polar surface area (TPSA) is 92.5 Å². The van der Waals surface area contributed by atoms with E-state index >= 15 is 4.39 Å². The van der Waals surface area contributed by atoms with Crippen LogP contribution in [0.15, 0.2) is 77.1 Å². The molecular weight excluding hydrogens is 508 g/mol. The van der Waals surface area contributed by atoms with Gasteiger partial charge in [0.2, 0.25) is 5.72 Å². The van der Waals surface area contributed by atoms with Crippen LogP contribution in [0.4, 0.5) is 25.8 Å². The van der Waals surface area contributed by atoms with Crippen LogP contribution < -0.4 is 16.0 Å². The van der Waals surface area contributed by atoms with E-state index in [4.69, 9.17) is 19.9 Å². The van der Waals surface area contributed by atoms with Gasteiger partial charge in [-0.2, -0.15) is 0 Å². The Morgan fingerprint density at radius 1 is 1.23 bits per heavy atom. The van der Waals surface area contributed by atoms with E-state index in [1.165, 1.54) is 19.1 Å². The lowest BCUT2D eigenvalue weighted by Gasteiger charge is -2.42. The van der Waals surface area contributed by atoms with Crippen LogP contribution in [0, 0.1) is 0 Å². The van der Waals surface area contributed by atoms with Gasteiger partial charge in [-0.05, 0) is 36.9 Å². The first-order valence-electron chi connectivity index (χ1n) is 12.9. The number of allylic oxidation sites excluding steroid dienone is 3. The molecule has 0 amide bonds. The summed E-state index contributed by atoms with van der Waals surface area (Å²) < 4.78 is 46.7. The number of anilines is 3. The SMILES string of the molecule is CCN1CCN(c2ccc(NC3C=C4C=CN(C5(OC)CC(OC)=C(F)C(C=O)=C5F)C=C4O3)c(N)c2)CC1. The Morgan fingerprint density at radius 3 is 2.64 bits per heavy atom. The van der Waals surface area contributed by atoms with Gasteiger partial charge < -0.3 is 40.0 Å². The molecule has 1 fully saturated rings. The van der Waals surface area contributed by atoms with E-state index in [9.17, 15) is 9.18 Å². The highest BCUT2D eigenvalue weighted by Gasteiger charge is 2.49. The number of hydrogen-bond acceptors (Lipinski definition) is 9. The van der Waals surface area contributed by atoms with E-state index in [0.29, 0.717) is 11.4 Å². The summed E-state index contributed by atoms with van der Waals surface area (Å²) in [6.07, 6.45) is 6.05. The highest BCUT2D eigenvalue weighted by Crippen LogP contribution is 2.45. The molecule has 9 nitrogen and oxygen atoms in total. The molecule has 5 rings (SSSR count). The molecule has 1 aromatic rings. The first-order chi connectivity index (χ1) is 18.8. The molecule has 2 unspecified atom stereocenters. The number of likely N-dealkylation sites (N-methyl/N-ethyl adjacent to an activating group) is 1. The zero-order chi connectivity index (χ0) is 27.7. The number of halogens is 2. The number of aldehydes is 1. The van der Waals surface area contributed by atoms with Gasteiger partial charge in [0.1, 0.15) is 11.5 Å². The molecule has 3 aliphatic heterocycles.